The van der Waals surface area contributed by atoms with E-state index < -0.39 is 0 Å². The first-order valence-corrected chi connectivity index (χ1v) is 21.3. The second-order valence-electron chi connectivity index (χ2n) is 15.6. The molecule has 0 atom stereocenters. The molecule has 1 heterocycles. The van der Waals surface area contributed by atoms with Gasteiger partial charge in [0.1, 0.15) is 5.82 Å². The molecular formula is C59H44IrN2-2. The van der Waals surface area contributed by atoms with E-state index in [1.54, 1.807) is 0 Å². The Balaban J connectivity index is 0.000000244. The normalized spacial score (nSPS) is 11.0. The van der Waals surface area contributed by atoms with Crippen LogP contribution in [-0.4, -0.2) is 9.55 Å². The van der Waals surface area contributed by atoms with E-state index >= 15 is 0 Å². The van der Waals surface area contributed by atoms with Crippen molar-refractivity contribution in [3.05, 3.63) is 230 Å². The first-order valence-electron chi connectivity index (χ1n) is 21.3. The second-order valence-corrected chi connectivity index (χ2v) is 15.6. The summed E-state index contributed by atoms with van der Waals surface area (Å²) in [6, 6.07) is 82.0. The molecule has 0 fully saturated rings. The number of aromatic nitrogens is 2. The van der Waals surface area contributed by atoms with Crippen molar-refractivity contribution in [1.82, 2.24) is 9.55 Å². The van der Waals surface area contributed by atoms with Gasteiger partial charge in [-0.3, -0.25) is 4.57 Å². The summed E-state index contributed by atoms with van der Waals surface area (Å²) >= 11 is 0. The molecule has 3 heteroatoms. The Morgan fingerprint density at radius 3 is 1.74 bits per heavy atom. The third-order valence-electron chi connectivity index (χ3n) is 11.7. The first kappa shape index (κ1) is 40.5. The van der Waals surface area contributed by atoms with Crippen molar-refractivity contribution in [3.8, 4) is 50.5 Å². The number of benzene rings is 10. The maximum Gasteiger partial charge on any atom is 0.145 e. The SMILES string of the molecule is CCCCc1c[c-]c(-c2[c-]cccc2)cc1.[Ir].c1ccc(-c2nc3ccccc3n2-c2ccc(-c3c4ccccc4c(-c4ccc5ccccc5c4)c4ccccc34)cc2)cc1. The summed E-state index contributed by atoms with van der Waals surface area (Å²) in [7, 11) is 0. The topological polar surface area (TPSA) is 17.8 Å². The van der Waals surface area contributed by atoms with Gasteiger partial charge in [0, 0.05) is 31.4 Å². The van der Waals surface area contributed by atoms with Crippen LogP contribution in [0.1, 0.15) is 25.3 Å². The van der Waals surface area contributed by atoms with Crippen molar-refractivity contribution in [2.24, 2.45) is 0 Å². The Kier molecular flexibility index (Phi) is 12.0. The molecule has 2 nitrogen and oxygen atoms in total. The molecule has 0 aliphatic rings. The predicted molar refractivity (Wildman–Crippen MR) is 258 cm³/mol. The van der Waals surface area contributed by atoms with Crippen LogP contribution >= 0.6 is 0 Å². The van der Waals surface area contributed by atoms with Crippen molar-refractivity contribution >= 4 is 43.4 Å². The molecule has 0 saturated carbocycles. The van der Waals surface area contributed by atoms with Crippen LogP contribution in [-0.2, 0) is 26.5 Å². The average Bonchev–Trinajstić information content (AvgIpc) is 3.73. The number of hydrogen-bond donors (Lipinski definition) is 0. The Morgan fingerprint density at radius 1 is 0.484 bits per heavy atom. The number of rotatable bonds is 8. The van der Waals surface area contributed by atoms with Crippen LogP contribution in [0.5, 0.6) is 0 Å². The van der Waals surface area contributed by atoms with Crippen LogP contribution in [0.3, 0.4) is 0 Å². The number of unbranched alkanes of at least 4 members (excludes halogenated alkanes) is 1. The van der Waals surface area contributed by atoms with E-state index in [-0.39, 0.29) is 20.1 Å². The quantitative estimate of drug-likeness (QED) is 0.110. The molecule has 1 radical (unpaired) electrons. The van der Waals surface area contributed by atoms with Crippen LogP contribution in [0.15, 0.2) is 212 Å². The third-order valence-corrected chi connectivity index (χ3v) is 11.7. The molecule has 62 heavy (non-hydrogen) atoms. The van der Waals surface area contributed by atoms with E-state index in [0.29, 0.717) is 0 Å². The minimum atomic E-state index is 0. The molecule has 0 N–H and O–H groups in total. The maximum atomic E-state index is 5.04. The van der Waals surface area contributed by atoms with Gasteiger partial charge < -0.3 is 0 Å². The smallest absolute Gasteiger partial charge is 0.145 e. The van der Waals surface area contributed by atoms with Gasteiger partial charge in [-0.2, -0.15) is 48.5 Å². The van der Waals surface area contributed by atoms with Gasteiger partial charge in [-0.15, -0.1) is 11.6 Å². The van der Waals surface area contributed by atoms with E-state index in [9.17, 15) is 0 Å². The van der Waals surface area contributed by atoms with Gasteiger partial charge in [0.2, 0.25) is 0 Å². The number of aryl methyl sites for hydroxylation is 1. The van der Waals surface area contributed by atoms with E-state index in [4.69, 9.17) is 4.98 Å². The largest absolute Gasteiger partial charge is 0.292 e. The van der Waals surface area contributed by atoms with Crippen molar-refractivity contribution in [3.63, 3.8) is 0 Å². The molecule has 10 aromatic carbocycles. The van der Waals surface area contributed by atoms with Gasteiger partial charge in [0.05, 0.1) is 11.0 Å². The fourth-order valence-electron chi connectivity index (χ4n) is 8.66. The van der Waals surface area contributed by atoms with Gasteiger partial charge in [-0.1, -0.05) is 166 Å². The fraction of sp³-hybridized carbons (Fsp3) is 0.0678. The molecule has 0 amide bonds. The monoisotopic (exact) mass is 973 g/mol. The molecular weight excluding hydrogens is 929 g/mol. The van der Waals surface area contributed by atoms with Crippen LogP contribution in [0.25, 0.3) is 93.8 Å². The van der Waals surface area contributed by atoms with Crippen molar-refractivity contribution < 1.29 is 20.1 Å². The summed E-state index contributed by atoms with van der Waals surface area (Å²) in [6.45, 7) is 2.22. The summed E-state index contributed by atoms with van der Waals surface area (Å²) in [6.07, 6.45) is 3.66. The summed E-state index contributed by atoms with van der Waals surface area (Å²) in [4.78, 5) is 5.04. The van der Waals surface area contributed by atoms with Crippen LogP contribution in [0.4, 0.5) is 0 Å². The van der Waals surface area contributed by atoms with Gasteiger partial charge in [0.25, 0.3) is 0 Å². The van der Waals surface area contributed by atoms with Crippen LogP contribution in [0.2, 0.25) is 0 Å². The van der Waals surface area contributed by atoms with Crippen molar-refractivity contribution in [2.45, 2.75) is 26.2 Å². The predicted octanol–water partition coefficient (Wildman–Crippen LogP) is 15.8. The Bertz CT molecular complexity index is 3200. The van der Waals surface area contributed by atoms with Crippen LogP contribution < -0.4 is 0 Å². The Hall–Kier alpha value is -6.90. The van der Waals surface area contributed by atoms with E-state index in [1.165, 1.54) is 73.0 Å². The van der Waals surface area contributed by atoms with Gasteiger partial charge in [-0.05, 0) is 84.9 Å². The summed E-state index contributed by atoms with van der Waals surface area (Å²) < 4.78 is 2.27. The zero-order valence-corrected chi connectivity index (χ0v) is 37.0. The number of hydrogen-bond acceptors (Lipinski definition) is 1. The zero-order chi connectivity index (χ0) is 41.0. The standard InChI is InChI=1S/C43H28N2.C16H16.Ir/c1-2-13-31(14-3-1)43-44-39-20-10-11-21-40(39)45(43)34-26-24-30(25-27-34)41-35-16-6-8-18-37(35)42(38-19-9-7-17-36(38)41)33-23-22-29-12-4-5-15-32(29)28-33;1-2-3-7-14-10-12-16(13-11-14)15-8-5-4-6-9-15;/h1-28H;4-6,8,10-12H,2-3,7H2,1H3;/q;-2;. The molecule has 0 aliphatic carbocycles. The number of imidazole rings is 1. The molecule has 11 aromatic rings. The minimum Gasteiger partial charge on any atom is -0.292 e. The number of nitrogens with zero attached hydrogens (tertiary/aromatic N) is 2. The number of para-hydroxylation sites is 2. The molecule has 301 valence electrons. The third kappa shape index (κ3) is 8.01. The van der Waals surface area contributed by atoms with Crippen molar-refractivity contribution in [1.29, 1.82) is 0 Å². The molecule has 0 spiro atoms. The molecule has 0 aliphatic heterocycles. The molecule has 0 bridgehead atoms. The minimum absolute atomic E-state index is 0. The Morgan fingerprint density at radius 2 is 1.08 bits per heavy atom. The summed E-state index contributed by atoms with van der Waals surface area (Å²) in [5, 5.41) is 7.54. The van der Waals surface area contributed by atoms with Gasteiger partial charge >= 0.3 is 0 Å². The van der Waals surface area contributed by atoms with Crippen molar-refractivity contribution in [2.75, 3.05) is 0 Å². The van der Waals surface area contributed by atoms with E-state index in [1.807, 2.05) is 24.3 Å². The Labute approximate surface area is 377 Å². The maximum absolute atomic E-state index is 5.04. The zero-order valence-electron chi connectivity index (χ0n) is 34.6. The number of fused-ring (bicyclic) bond motifs is 4. The van der Waals surface area contributed by atoms with E-state index in [2.05, 4.69) is 212 Å². The van der Waals surface area contributed by atoms with Crippen LogP contribution in [0, 0.1) is 12.1 Å². The fourth-order valence-corrected chi connectivity index (χ4v) is 8.66. The van der Waals surface area contributed by atoms with E-state index in [0.717, 1.165) is 45.7 Å². The van der Waals surface area contributed by atoms with Gasteiger partial charge in [0.15, 0.2) is 0 Å². The molecule has 11 rings (SSSR count). The first-order chi connectivity index (χ1) is 30.2. The molecule has 1 aromatic heterocycles. The summed E-state index contributed by atoms with van der Waals surface area (Å²) in [5.41, 5.74) is 12.9. The van der Waals surface area contributed by atoms with Gasteiger partial charge in [-0.25, -0.2) is 16.1 Å². The molecule has 0 saturated heterocycles. The summed E-state index contributed by atoms with van der Waals surface area (Å²) in [5.74, 6) is 0.945. The molecule has 0 unspecified atom stereocenters. The average molecular weight is 973 g/mol. The second kappa shape index (κ2) is 18.4.